The zero-order valence-electron chi connectivity index (χ0n) is 21.3. The largest absolute Gasteiger partial charge is 0.492 e. The van der Waals surface area contributed by atoms with Crippen molar-refractivity contribution in [2.75, 3.05) is 52.3 Å². The number of ether oxygens (including phenoxy) is 1. The van der Waals surface area contributed by atoms with Gasteiger partial charge in [0.15, 0.2) is 11.6 Å². The molecule has 1 amide bonds. The summed E-state index contributed by atoms with van der Waals surface area (Å²) in [6, 6.07) is 1.04. The first-order valence-electron chi connectivity index (χ1n) is 12.3. The van der Waals surface area contributed by atoms with E-state index >= 15 is 8.78 Å². The molecular formula is C26H32F2N4O5. The van der Waals surface area contributed by atoms with E-state index in [0.29, 0.717) is 37.0 Å². The Kier molecular flexibility index (Phi) is 7.82. The highest BCUT2D eigenvalue weighted by molar-refractivity contribution is 5.97. The Hall–Kier alpha value is -3.47. The monoisotopic (exact) mass is 518 g/mol. The van der Waals surface area contributed by atoms with Gasteiger partial charge in [0.2, 0.25) is 11.3 Å². The highest BCUT2D eigenvalue weighted by Gasteiger charge is 2.32. The number of benzene rings is 1. The molecule has 1 saturated carbocycles. The highest BCUT2D eigenvalue weighted by Crippen LogP contribution is 2.44. The molecule has 11 heteroatoms. The fourth-order valence-electron chi connectivity index (χ4n) is 4.72. The van der Waals surface area contributed by atoms with Crippen LogP contribution in [0, 0.1) is 5.82 Å². The van der Waals surface area contributed by atoms with Gasteiger partial charge >= 0.3 is 5.97 Å². The number of hydrogen-bond acceptors (Lipinski definition) is 6. The van der Waals surface area contributed by atoms with Crippen LogP contribution >= 0.6 is 0 Å². The van der Waals surface area contributed by atoms with Gasteiger partial charge in [-0.2, -0.15) is 0 Å². The van der Waals surface area contributed by atoms with Gasteiger partial charge in [0, 0.05) is 38.3 Å². The van der Waals surface area contributed by atoms with E-state index in [9.17, 15) is 19.5 Å². The molecule has 9 nitrogen and oxygen atoms in total. The van der Waals surface area contributed by atoms with Crippen LogP contribution in [0.5, 0.6) is 5.75 Å². The molecule has 0 bridgehead atoms. The maximum Gasteiger partial charge on any atom is 0.341 e. The Morgan fingerprint density at radius 1 is 1.30 bits per heavy atom. The molecule has 1 aliphatic carbocycles. The normalized spacial score (nSPS) is 17.3. The smallest absolute Gasteiger partial charge is 0.341 e. The van der Waals surface area contributed by atoms with E-state index in [1.165, 1.54) is 13.3 Å². The number of nitrogens with zero attached hydrogens (tertiary/aromatic N) is 3. The van der Waals surface area contributed by atoms with Gasteiger partial charge in [0.25, 0.3) is 0 Å². The van der Waals surface area contributed by atoms with Crippen LogP contribution < -0.4 is 20.4 Å². The second-order valence-corrected chi connectivity index (χ2v) is 9.82. The van der Waals surface area contributed by atoms with Crippen LogP contribution in [0.4, 0.5) is 14.5 Å². The van der Waals surface area contributed by atoms with E-state index in [0.717, 1.165) is 18.9 Å². The first-order chi connectivity index (χ1) is 17.6. The Morgan fingerprint density at radius 2 is 2.03 bits per heavy atom. The average molecular weight is 519 g/mol. The van der Waals surface area contributed by atoms with Crippen molar-refractivity contribution in [3.05, 3.63) is 45.3 Å². The summed E-state index contributed by atoms with van der Waals surface area (Å²) < 4.78 is 37.9. The van der Waals surface area contributed by atoms with Crippen LogP contribution in [0.1, 0.15) is 48.5 Å². The van der Waals surface area contributed by atoms with E-state index in [-0.39, 0.29) is 48.3 Å². The molecule has 2 heterocycles. The SMILES string of the molecule is COc1c(N2CCC/C(=C(\F)CNC(=O)CCN(C)C)C2)c(F)cc2c(=O)c(C(=O)O)cn(C3CC3)c12. The number of methoxy groups -OCH3 is 1. The average Bonchev–Trinajstić information content (AvgIpc) is 3.71. The summed E-state index contributed by atoms with van der Waals surface area (Å²) in [6.07, 6.45) is 4.19. The molecule has 0 atom stereocenters. The third-order valence-corrected chi connectivity index (χ3v) is 6.79. The number of anilines is 1. The summed E-state index contributed by atoms with van der Waals surface area (Å²) >= 11 is 0. The van der Waals surface area contributed by atoms with E-state index in [4.69, 9.17) is 4.74 Å². The molecule has 2 N–H and O–H groups in total. The number of piperidine rings is 1. The highest BCUT2D eigenvalue weighted by atomic mass is 19.1. The summed E-state index contributed by atoms with van der Waals surface area (Å²) in [6.45, 7) is 0.857. The number of carboxylic acids is 1. The van der Waals surface area contributed by atoms with Crippen LogP contribution in [0.25, 0.3) is 10.9 Å². The summed E-state index contributed by atoms with van der Waals surface area (Å²) in [5.41, 5.74) is -0.306. The van der Waals surface area contributed by atoms with Crippen LogP contribution in [-0.4, -0.2) is 73.8 Å². The molecule has 1 aliphatic heterocycles. The van der Waals surface area contributed by atoms with Crippen molar-refractivity contribution in [3.63, 3.8) is 0 Å². The fraction of sp³-hybridized carbons (Fsp3) is 0.500. The minimum atomic E-state index is -1.38. The van der Waals surface area contributed by atoms with Gasteiger partial charge in [-0.15, -0.1) is 0 Å². The van der Waals surface area contributed by atoms with Crippen LogP contribution in [0.3, 0.4) is 0 Å². The molecule has 37 heavy (non-hydrogen) atoms. The summed E-state index contributed by atoms with van der Waals surface area (Å²) in [5.74, 6) is -2.71. The molecule has 2 fully saturated rings. The van der Waals surface area contributed by atoms with Gasteiger partial charge < -0.3 is 29.5 Å². The van der Waals surface area contributed by atoms with Gasteiger partial charge in [-0.3, -0.25) is 9.59 Å². The molecular weight excluding hydrogens is 486 g/mol. The fourth-order valence-corrected chi connectivity index (χ4v) is 4.72. The van der Waals surface area contributed by atoms with E-state index in [2.05, 4.69) is 5.32 Å². The topological polar surface area (TPSA) is 104 Å². The van der Waals surface area contributed by atoms with Crippen molar-refractivity contribution in [1.82, 2.24) is 14.8 Å². The van der Waals surface area contributed by atoms with Crippen molar-refractivity contribution in [3.8, 4) is 5.75 Å². The summed E-state index contributed by atoms with van der Waals surface area (Å²) in [7, 11) is 5.07. The second kappa shape index (κ2) is 10.9. The van der Waals surface area contributed by atoms with Crippen LogP contribution in [0.2, 0.25) is 0 Å². The zero-order chi connectivity index (χ0) is 26.9. The van der Waals surface area contributed by atoms with Crippen LogP contribution in [-0.2, 0) is 4.79 Å². The number of aromatic nitrogens is 1. The van der Waals surface area contributed by atoms with Gasteiger partial charge in [-0.1, -0.05) is 0 Å². The Balaban J connectivity index is 1.69. The lowest BCUT2D eigenvalue weighted by atomic mass is 10.0. The quantitative estimate of drug-likeness (QED) is 0.526. The molecule has 2 aromatic rings. The van der Waals surface area contributed by atoms with Crippen molar-refractivity contribution in [2.24, 2.45) is 0 Å². The minimum absolute atomic E-state index is 0.0150. The summed E-state index contributed by atoms with van der Waals surface area (Å²) in [5, 5.41) is 12.0. The Morgan fingerprint density at radius 3 is 2.65 bits per heavy atom. The number of carboxylic acid groups (broad SMARTS) is 1. The number of fused-ring (bicyclic) bond motifs is 1. The van der Waals surface area contributed by atoms with Crippen LogP contribution in [0.15, 0.2) is 28.5 Å². The predicted molar refractivity (Wildman–Crippen MR) is 136 cm³/mol. The minimum Gasteiger partial charge on any atom is -0.492 e. The molecule has 1 aromatic carbocycles. The molecule has 4 rings (SSSR count). The van der Waals surface area contributed by atoms with E-state index in [1.807, 2.05) is 19.0 Å². The van der Waals surface area contributed by atoms with Gasteiger partial charge in [0.05, 0.1) is 24.6 Å². The Labute approximate surface area is 213 Å². The first kappa shape index (κ1) is 26.6. The second-order valence-electron chi connectivity index (χ2n) is 9.82. The third kappa shape index (κ3) is 5.61. The zero-order valence-corrected chi connectivity index (χ0v) is 21.3. The number of rotatable bonds is 9. The van der Waals surface area contributed by atoms with E-state index < -0.39 is 28.6 Å². The molecule has 2 aliphatic rings. The standard InChI is InChI=1S/C26H32F2N4O5/c1-30(2)10-8-21(33)29-12-20(28)15-5-4-9-31(13-15)23-19(27)11-17-22(25(23)37-3)32(16-6-7-16)14-18(24(17)34)26(35)36/h11,14,16H,4-10,12-13H2,1-3H3,(H,29,33)(H,35,36)/b20-15+. The summed E-state index contributed by atoms with van der Waals surface area (Å²) in [4.78, 5) is 40.1. The lowest BCUT2D eigenvalue weighted by Gasteiger charge is -2.33. The molecule has 200 valence electrons. The number of pyridine rings is 1. The first-order valence-corrected chi connectivity index (χ1v) is 12.3. The van der Waals surface area contributed by atoms with Crippen molar-refractivity contribution >= 4 is 28.5 Å². The van der Waals surface area contributed by atoms with Gasteiger partial charge in [-0.05, 0) is 51.4 Å². The number of carbonyl (C=O) groups excluding carboxylic acids is 1. The Bertz CT molecular complexity index is 1320. The number of aromatic carboxylic acids is 1. The van der Waals surface area contributed by atoms with E-state index in [1.54, 1.807) is 9.47 Å². The molecule has 1 saturated heterocycles. The third-order valence-electron chi connectivity index (χ3n) is 6.79. The van der Waals surface area contributed by atoms with Crippen molar-refractivity contribution in [2.45, 2.75) is 38.1 Å². The van der Waals surface area contributed by atoms with Gasteiger partial charge in [-0.25, -0.2) is 13.6 Å². The molecule has 0 radical (unpaired) electrons. The number of carbonyl (C=O) groups is 2. The maximum atomic E-state index is 15.6. The number of hydrogen-bond donors (Lipinski definition) is 2. The lowest BCUT2D eigenvalue weighted by Crippen LogP contribution is -2.34. The van der Waals surface area contributed by atoms with Crippen molar-refractivity contribution in [1.29, 1.82) is 0 Å². The maximum absolute atomic E-state index is 15.6. The predicted octanol–water partition coefficient (Wildman–Crippen LogP) is 3.07. The van der Waals surface area contributed by atoms with Gasteiger partial charge in [0.1, 0.15) is 17.1 Å². The number of amides is 1. The number of nitrogens with one attached hydrogen (secondary N) is 1. The lowest BCUT2D eigenvalue weighted by molar-refractivity contribution is -0.121. The molecule has 0 spiro atoms. The number of halogens is 2. The molecule has 0 unspecified atom stereocenters. The molecule has 1 aromatic heterocycles. The van der Waals surface area contributed by atoms with Crippen molar-refractivity contribution < 1.29 is 28.2 Å².